The highest BCUT2D eigenvalue weighted by atomic mass is 32.2. The Hall–Kier alpha value is -2.26. The molecule has 1 aromatic rings. The molecular formula is C20H26N4O4S. The number of hydrogen-bond acceptors (Lipinski definition) is 6. The van der Waals surface area contributed by atoms with Gasteiger partial charge in [0, 0.05) is 12.1 Å². The molecule has 1 aromatic carbocycles. The van der Waals surface area contributed by atoms with Gasteiger partial charge in [0.2, 0.25) is 5.91 Å². The first-order chi connectivity index (χ1) is 14.0. The number of ether oxygens (including phenoxy) is 1. The third-order valence-corrected chi connectivity index (χ3v) is 7.04. The zero-order chi connectivity index (χ0) is 20.5. The van der Waals surface area contributed by atoms with Crippen molar-refractivity contribution in [1.82, 2.24) is 20.2 Å². The summed E-state index contributed by atoms with van der Waals surface area (Å²) in [5, 5.41) is 1.15. The van der Waals surface area contributed by atoms with Crippen LogP contribution in [-0.4, -0.2) is 76.1 Å². The normalized spacial score (nSPS) is 26.0. The average molecular weight is 419 g/mol. The van der Waals surface area contributed by atoms with Crippen molar-refractivity contribution in [2.24, 2.45) is 0 Å². The lowest BCUT2D eigenvalue weighted by molar-refractivity contribution is -0.144. The van der Waals surface area contributed by atoms with E-state index in [1.165, 1.54) is 5.01 Å². The van der Waals surface area contributed by atoms with E-state index < -0.39 is 6.29 Å². The number of nitrogens with zero attached hydrogens (tertiary/aromatic N) is 3. The second-order valence-corrected chi connectivity index (χ2v) is 8.71. The van der Waals surface area contributed by atoms with Crippen molar-refractivity contribution in [2.45, 2.75) is 43.8 Å². The van der Waals surface area contributed by atoms with Gasteiger partial charge in [0.25, 0.3) is 0 Å². The number of hydrazine groups is 1. The number of thioether (sulfide) groups is 1. The van der Waals surface area contributed by atoms with Gasteiger partial charge >= 0.3 is 6.03 Å². The molecule has 1 N–H and O–H groups in total. The van der Waals surface area contributed by atoms with Crippen LogP contribution in [0.4, 0.5) is 4.79 Å². The van der Waals surface area contributed by atoms with E-state index >= 15 is 0 Å². The predicted molar refractivity (Wildman–Crippen MR) is 109 cm³/mol. The molecule has 3 aliphatic heterocycles. The highest BCUT2D eigenvalue weighted by Crippen LogP contribution is 2.39. The zero-order valence-electron chi connectivity index (χ0n) is 16.7. The van der Waals surface area contributed by atoms with Gasteiger partial charge in [0.05, 0.1) is 13.2 Å². The number of rotatable bonds is 7. The standard InChI is InChI=1S/C20H26N4O4S/c1-3-4-10-22-18(26)17-15(9-11-29-17)24-19(22)21-23(20(24)27)12-16(25)13-5-7-14(28-2)8-6-13/h5-8,15,17,19,21H,3-4,9-12H2,1-2H3. The minimum absolute atomic E-state index is 0.0848. The fourth-order valence-electron chi connectivity index (χ4n) is 4.11. The smallest absolute Gasteiger partial charge is 0.337 e. The molecule has 0 radical (unpaired) electrons. The van der Waals surface area contributed by atoms with E-state index in [4.69, 9.17) is 4.74 Å². The summed E-state index contributed by atoms with van der Waals surface area (Å²) in [5.41, 5.74) is 3.64. The minimum Gasteiger partial charge on any atom is -0.497 e. The number of methoxy groups -OCH3 is 1. The van der Waals surface area contributed by atoms with Gasteiger partial charge in [-0.25, -0.2) is 9.80 Å². The van der Waals surface area contributed by atoms with Gasteiger partial charge in [-0.1, -0.05) is 13.3 Å². The molecule has 29 heavy (non-hydrogen) atoms. The molecule has 3 atom stereocenters. The molecule has 3 heterocycles. The van der Waals surface area contributed by atoms with Crippen LogP contribution in [0, 0.1) is 0 Å². The Kier molecular flexibility index (Phi) is 5.69. The molecule has 0 aromatic heterocycles. The molecule has 3 amide bonds. The third-order valence-electron chi connectivity index (χ3n) is 5.69. The molecular weight excluding hydrogens is 392 g/mol. The van der Waals surface area contributed by atoms with Crippen molar-refractivity contribution >= 4 is 29.5 Å². The summed E-state index contributed by atoms with van der Waals surface area (Å²) < 4.78 is 5.12. The first-order valence-electron chi connectivity index (χ1n) is 10.0. The van der Waals surface area contributed by atoms with Gasteiger partial charge in [0.15, 0.2) is 12.1 Å². The molecule has 0 spiro atoms. The molecule has 3 fully saturated rings. The summed E-state index contributed by atoms with van der Waals surface area (Å²) in [6.07, 6.45) is 2.13. The number of unbranched alkanes of at least 4 members (excludes halogenated alkanes) is 1. The summed E-state index contributed by atoms with van der Waals surface area (Å²) in [4.78, 5) is 42.4. The number of benzene rings is 1. The van der Waals surface area contributed by atoms with Crippen LogP contribution in [0.3, 0.4) is 0 Å². The van der Waals surface area contributed by atoms with Crippen molar-refractivity contribution in [3.8, 4) is 5.75 Å². The fourth-order valence-corrected chi connectivity index (χ4v) is 5.51. The summed E-state index contributed by atoms with van der Waals surface area (Å²) >= 11 is 1.63. The lowest BCUT2D eigenvalue weighted by Crippen LogP contribution is -2.66. The average Bonchev–Trinajstić information content (AvgIpc) is 3.33. The van der Waals surface area contributed by atoms with Gasteiger partial charge in [-0.3, -0.25) is 14.5 Å². The minimum atomic E-state index is -0.509. The quantitative estimate of drug-likeness (QED) is 0.682. The SMILES string of the molecule is CCCCN1C(=O)C2SCCC2N2C(=O)N(CC(=O)c3ccc(OC)cc3)NC12. The molecule has 3 saturated heterocycles. The van der Waals surface area contributed by atoms with E-state index in [1.807, 2.05) is 0 Å². The second kappa shape index (κ2) is 8.23. The fraction of sp³-hybridized carbons (Fsp3) is 0.550. The van der Waals surface area contributed by atoms with Gasteiger partial charge in [0.1, 0.15) is 17.5 Å². The number of nitrogens with one attached hydrogen (secondary N) is 1. The molecule has 8 nitrogen and oxygen atoms in total. The zero-order valence-corrected chi connectivity index (χ0v) is 17.5. The number of Topliss-reactive ketones (excluding diaryl/α,β-unsaturated/α-hetero) is 1. The van der Waals surface area contributed by atoms with E-state index in [9.17, 15) is 14.4 Å². The van der Waals surface area contributed by atoms with E-state index in [0.717, 1.165) is 25.0 Å². The van der Waals surface area contributed by atoms with Crippen LogP contribution in [0.2, 0.25) is 0 Å². The molecule has 0 aliphatic carbocycles. The Morgan fingerprint density at radius 3 is 2.72 bits per heavy atom. The molecule has 4 rings (SSSR count). The van der Waals surface area contributed by atoms with E-state index in [0.29, 0.717) is 17.9 Å². The number of carbonyl (C=O) groups excluding carboxylic acids is 3. The number of urea groups is 1. The summed E-state index contributed by atoms with van der Waals surface area (Å²) in [6, 6.07) is 6.48. The first kappa shape index (κ1) is 20.0. The molecule has 3 aliphatic rings. The highest BCUT2D eigenvalue weighted by molar-refractivity contribution is 8.00. The Bertz CT molecular complexity index is 802. The van der Waals surface area contributed by atoms with Gasteiger partial charge in [-0.2, -0.15) is 5.43 Å². The van der Waals surface area contributed by atoms with Crippen LogP contribution in [0.5, 0.6) is 5.75 Å². The number of carbonyl (C=O) groups is 3. The molecule has 156 valence electrons. The van der Waals surface area contributed by atoms with Gasteiger partial charge < -0.3 is 9.64 Å². The van der Waals surface area contributed by atoms with Gasteiger partial charge in [-0.05, 0) is 42.9 Å². The van der Waals surface area contributed by atoms with Crippen LogP contribution in [0.15, 0.2) is 24.3 Å². The van der Waals surface area contributed by atoms with Crippen molar-refractivity contribution in [3.63, 3.8) is 0 Å². The molecule has 3 unspecified atom stereocenters. The predicted octanol–water partition coefficient (Wildman–Crippen LogP) is 1.92. The Labute approximate surface area is 174 Å². The first-order valence-corrected chi connectivity index (χ1v) is 11.1. The number of fused-ring (bicyclic) bond motifs is 3. The van der Waals surface area contributed by atoms with E-state index in [1.54, 1.807) is 52.9 Å². The molecule has 0 bridgehead atoms. The van der Waals surface area contributed by atoms with Crippen LogP contribution in [0.1, 0.15) is 36.5 Å². The maximum atomic E-state index is 13.1. The summed E-state index contributed by atoms with van der Waals surface area (Å²) in [6.45, 7) is 2.59. The molecule has 9 heteroatoms. The van der Waals surface area contributed by atoms with Crippen molar-refractivity contribution in [1.29, 1.82) is 0 Å². The Balaban J connectivity index is 1.52. The van der Waals surface area contributed by atoms with Crippen LogP contribution in [0.25, 0.3) is 0 Å². The Morgan fingerprint density at radius 1 is 1.28 bits per heavy atom. The number of hydrogen-bond donors (Lipinski definition) is 1. The largest absolute Gasteiger partial charge is 0.497 e. The maximum Gasteiger partial charge on any atom is 0.337 e. The van der Waals surface area contributed by atoms with E-state index in [-0.39, 0.29) is 35.6 Å². The maximum absolute atomic E-state index is 13.1. The van der Waals surface area contributed by atoms with Crippen LogP contribution in [-0.2, 0) is 4.79 Å². The summed E-state index contributed by atoms with van der Waals surface area (Å²) in [5.74, 6) is 1.46. The second-order valence-electron chi connectivity index (χ2n) is 7.46. The lowest BCUT2D eigenvalue weighted by Gasteiger charge is -2.44. The highest BCUT2D eigenvalue weighted by Gasteiger charge is 2.55. The van der Waals surface area contributed by atoms with Crippen molar-refractivity contribution in [2.75, 3.05) is 26.0 Å². The summed E-state index contributed by atoms with van der Waals surface area (Å²) in [7, 11) is 1.57. The van der Waals surface area contributed by atoms with Crippen LogP contribution < -0.4 is 10.2 Å². The van der Waals surface area contributed by atoms with Crippen molar-refractivity contribution in [3.05, 3.63) is 29.8 Å². The van der Waals surface area contributed by atoms with E-state index in [2.05, 4.69) is 12.3 Å². The Morgan fingerprint density at radius 2 is 2.03 bits per heavy atom. The third kappa shape index (κ3) is 3.57. The number of ketones is 1. The number of amides is 3. The van der Waals surface area contributed by atoms with Gasteiger partial charge in [-0.15, -0.1) is 11.8 Å². The monoisotopic (exact) mass is 418 g/mol. The van der Waals surface area contributed by atoms with Crippen LogP contribution >= 0.6 is 11.8 Å². The van der Waals surface area contributed by atoms with Crippen molar-refractivity contribution < 1.29 is 19.1 Å². The topological polar surface area (TPSA) is 82.2 Å². The lowest BCUT2D eigenvalue weighted by atomic mass is 10.1. The molecule has 0 saturated carbocycles.